The maximum absolute atomic E-state index is 6.06. The number of nitrogens with two attached hydrogens (primary N) is 1. The summed E-state index contributed by atoms with van der Waals surface area (Å²) in [4.78, 5) is 17.5. The number of pyridine rings is 1. The van der Waals surface area contributed by atoms with Crippen LogP contribution in [0.1, 0.15) is 18.4 Å². The van der Waals surface area contributed by atoms with Crippen molar-refractivity contribution >= 4 is 28.9 Å². The smallest absolute Gasteiger partial charge is 0.160 e. The van der Waals surface area contributed by atoms with Gasteiger partial charge in [0.1, 0.15) is 16.7 Å². The largest absolute Gasteiger partial charge is 0.382 e. The highest BCUT2D eigenvalue weighted by Crippen LogP contribution is 2.37. The van der Waals surface area contributed by atoms with E-state index in [1.807, 2.05) is 26.1 Å². The molecule has 0 fully saturated rings. The molecular weight excluding hydrogens is 288 g/mol. The van der Waals surface area contributed by atoms with Crippen molar-refractivity contribution < 1.29 is 0 Å². The van der Waals surface area contributed by atoms with Crippen LogP contribution in [0.2, 0.25) is 5.15 Å². The third-order valence-corrected chi connectivity index (χ3v) is 3.66. The molecule has 7 heteroatoms. The minimum Gasteiger partial charge on any atom is -0.382 e. The standard InChI is InChI=1S/C14H17ClN6/c1-3-11-18-13(16)12-14(19-11)21(8-20(12)2)7-9-5-4-6-10(15)17-9/h4-6H,3,7-8H2,1-2H3,(H2,16,18,19). The van der Waals surface area contributed by atoms with Crippen molar-refractivity contribution in [1.29, 1.82) is 0 Å². The average molecular weight is 305 g/mol. The molecule has 0 amide bonds. The molecule has 0 unspecified atom stereocenters. The van der Waals surface area contributed by atoms with Crippen molar-refractivity contribution in [2.24, 2.45) is 0 Å². The Balaban J connectivity index is 1.95. The minimum absolute atomic E-state index is 0.497. The Morgan fingerprint density at radius 1 is 1.29 bits per heavy atom. The summed E-state index contributed by atoms with van der Waals surface area (Å²) in [6.45, 7) is 3.36. The highest BCUT2D eigenvalue weighted by Gasteiger charge is 2.28. The van der Waals surface area contributed by atoms with E-state index in [-0.39, 0.29) is 0 Å². The van der Waals surface area contributed by atoms with Crippen molar-refractivity contribution in [3.63, 3.8) is 0 Å². The van der Waals surface area contributed by atoms with Crippen molar-refractivity contribution in [1.82, 2.24) is 15.0 Å². The van der Waals surface area contributed by atoms with Crippen LogP contribution in [0, 0.1) is 0 Å². The third-order valence-electron chi connectivity index (χ3n) is 3.44. The second kappa shape index (κ2) is 5.37. The summed E-state index contributed by atoms with van der Waals surface area (Å²) in [6, 6.07) is 5.62. The molecule has 21 heavy (non-hydrogen) atoms. The number of halogens is 1. The maximum atomic E-state index is 6.06. The van der Waals surface area contributed by atoms with Gasteiger partial charge in [-0.15, -0.1) is 0 Å². The van der Waals surface area contributed by atoms with Gasteiger partial charge in [-0.05, 0) is 12.1 Å². The molecule has 1 aliphatic heterocycles. The molecule has 6 nitrogen and oxygen atoms in total. The van der Waals surface area contributed by atoms with Crippen LogP contribution >= 0.6 is 11.6 Å². The number of rotatable bonds is 3. The van der Waals surface area contributed by atoms with Crippen LogP contribution < -0.4 is 15.5 Å². The molecular formula is C14H17ClN6. The molecule has 2 N–H and O–H groups in total. The molecule has 1 aliphatic rings. The maximum Gasteiger partial charge on any atom is 0.160 e. The Morgan fingerprint density at radius 3 is 2.81 bits per heavy atom. The number of aromatic nitrogens is 3. The van der Waals surface area contributed by atoms with Crippen molar-refractivity contribution in [3.8, 4) is 0 Å². The Hall–Kier alpha value is -2.08. The monoisotopic (exact) mass is 304 g/mol. The molecule has 0 radical (unpaired) electrons. The molecule has 3 heterocycles. The number of hydrogen-bond donors (Lipinski definition) is 1. The summed E-state index contributed by atoms with van der Waals surface area (Å²) in [7, 11) is 1.98. The quantitative estimate of drug-likeness (QED) is 0.876. The van der Waals surface area contributed by atoms with Crippen LogP contribution in [-0.2, 0) is 13.0 Å². The first-order valence-corrected chi connectivity index (χ1v) is 7.20. The van der Waals surface area contributed by atoms with E-state index in [0.29, 0.717) is 24.2 Å². The Bertz CT molecular complexity index is 675. The fraction of sp³-hybridized carbons (Fsp3) is 0.357. The second-order valence-electron chi connectivity index (χ2n) is 5.04. The molecule has 0 atom stereocenters. The zero-order valence-electron chi connectivity index (χ0n) is 12.0. The molecule has 3 rings (SSSR count). The van der Waals surface area contributed by atoms with Crippen LogP contribution in [0.3, 0.4) is 0 Å². The topological polar surface area (TPSA) is 71.2 Å². The second-order valence-corrected chi connectivity index (χ2v) is 5.43. The van der Waals surface area contributed by atoms with E-state index in [9.17, 15) is 0 Å². The predicted octanol–water partition coefficient (Wildman–Crippen LogP) is 2.08. The normalized spacial score (nSPS) is 13.7. The van der Waals surface area contributed by atoms with E-state index in [4.69, 9.17) is 17.3 Å². The van der Waals surface area contributed by atoms with Crippen LogP contribution in [-0.4, -0.2) is 28.7 Å². The lowest BCUT2D eigenvalue weighted by atomic mass is 10.3. The first-order valence-electron chi connectivity index (χ1n) is 6.82. The summed E-state index contributed by atoms with van der Waals surface area (Å²) in [6.07, 6.45) is 0.754. The van der Waals surface area contributed by atoms with Gasteiger partial charge in [0, 0.05) is 13.5 Å². The fourth-order valence-corrected chi connectivity index (χ4v) is 2.69. The van der Waals surface area contributed by atoms with Gasteiger partial charge < -0.3 is 15.5 Å². The molecule has 0 spiro atoms. The van der Waals surface area contributed by atoms with E-state index in [1.54, 1.807) is 6.07 Å². The number of fused-ring (bicyclic) bond motifs is 1. The number of aryl methyl sites for hydroxylation is 1. The Kier molecular flexibility index (Phi) is 3.55. The van der Waals surface area contributed by atoms with Gasteiger partial charge in [-0.1, -0.05) is 24.6 Å². The van der Waals surface area contributed by atoms with E-state index < -0.39 is 0 Å². The van der Waals surface area contributed by atoms with E-state index in [0.717, 1.165) is 29.4 Å². The highest BCUT2D eigenvalue weighted by atomic mass is 35.5. The van der Waals surface area contributed by atoms with Gasteiger partial charge in [-0.3, -0.25) is 0 Å². The van der Waals surface area contributed by atoms with Crippen molar-refractivity contribution in [2.45, 2.75) is 19.9 Å². The lowest BCUT2D eigenvalue weighted by molar-refractivity contribution is 0.786. The van der Waals surface area contributed by atoms with Gasteiger partial charge in [0.25, 0.3) is 0 Å². The molecule has 0 aliphatic carbocycles. The first kappa shape index (κ1) is 13.9. The molecule has 110 valence electrons. The van der Waals surface area contributed by atoms with E-state index >= 15 is 0 Å². The number of anilines is 3. The molecule has 0 saturated carbocycles. The summed E-state index contributed by atoms with van der Waals surface area (Å²) < 4.78 is 0. The van der Waals surface area contributed by atoms with Gasteiger partial charge in [0.2, 0.25) is 0 Å². The molecule has 0 saturated heterocycles. The van der Waals surface area contributed by atoms with Crippen molar-refractivity contribution in [2.75, 3.05) is 29.2 Å². The zero-order valence-corrected chi connectivity index (χ0v) is 12.8. The lowest BCUT2D eigenvalue weighted by Gasteiger charge is -2.18. The van der Waals surface area contributed by atoms with Gasteiger partial charge in [-0.25, -0.2) is 15.0 Å². The van der Waals surface area contributed by atoms with Crippen LogP contribution in [0.5, 0.6) is 0 Å². The van der Waals surface area contributed by atoms with Gasteiger partial charge in [-0.2, -0.15) is 0 Å². The molecule has 0 bridgehead atoms. The van der Waals surface area contributed by atoms with Gasteiger partial charge in [0.15, 0.2) is 11.6 Å². The highest BCUT2D eigenvalue weighted by molar-refractivity contribution is 6.29. The van der Waals surface area contributed by atoms with E-state index in [1.165, 1.54) is 0 Å². The summed E-state index contributed by atoms with van der Waals surface area (Å²) >= 11 is 5.95. The third kappa shape index (κ3) is 2.58. The van der Waals surface area contributed by atoms with Crippen LogP contribution in [0.25, 0.3) is 0 Å². The number of nitrogen functional groups attached to an aromatic ring is 1. The van der Waals surface area contributed by atoms with Crippen LogP contribution in [0.15, 0.2) is 18.2 Å². The van der Waals surface area contributed by atoms with E-state index in [2.05, 4.69) is 24.8 Å². The summed E-state index contributed by atoms with van der Waals surface area (Å²) in [5.74, 6) is 2.15. The number of nitrogens with zero attached hydrogens (tertiary/aromatic N) is 5. The lowest BCUT2D eigenvalue weighted by Crippen LogP contribution is -2.28. The first-order chi connectivity index (χ1) is 10.1. The SMILES string of the molecule is CCc1nc(N)c2c(n1)N(Cc1cccc(Cl)n1)CN2C. The number of hydrogen-bond acceptors (Lipinski definition) is 6. The van der Waals surface area contributed by atoms with Gasteiger partial charge in [0.05, 0.1) is 18.9 Å². The summed E-state index contributed by atoms with van der Waals surface area (Å²) in [5.41, 5.74) is 7.85. The van der Waals surface area contributed by atoms with Crippen molar-refractivity contribution in [3.05, 3.63) is 34.9 Å². The zero-order chi connectivity index (χ0) is 15.0. The molecule has 0 aromatic carbocycles. The Morgan fingerprint density at radius 2 is 2.10 bits per heavy atom. The summed E-state index contributed by atoms with van der Waals surface area (Å²) in [5, 5.41) is 0.497. The minimum atomic E-state index is 0.497. The molecule has 2 aromatic rings. The van der Waals surface area contributed by atoms with Gasteiger partial charge >= 0.3 is 0 Å². The molecule has 2 aromatic heterocycles. The fourth-order valence-electron chi connectivity index (χ4n) is 2.50. The average Bonchev–Trinajstić information content (AvgIpc) is 2.75. The Labute approximate surface area is 128 Å². The van der Waals surface area contributed by atoms with Crippen LogP contribution in [0.4, 0.5) is 17.3 Å². The predicted molar refractivity (Wildman–Crippen MR) is 84.5 cm³/mol.